The largest absolute Gasteiger partial charge is 0.481 e. The van der Waals surface area contributed by atoms with E-state index in [1.807, 2.05) is 0 Å². The number of ether oxygens (including phenoxy) is 1. The number of hydrogen-bond donors (Lipinski definition) is 2. The summed E-state index contributed by atoms with van der Waals surface area (Å²) in [4.78, 5) is 23.6. The smallest absolute Gasteiger partial charge is 0.311 e. The number of carbonyl (C=O) groups is 2. The highest BCUT2D eigenvalue weighted by Crippen LogP contribution is 2.30. The van der Waals surface area contributed by atoms with Gasteiger partial charge in [0.15, 0.2) is 0 Å². The quantitative estimate of drug-likeness (QED) is 0.889. The molecule has 1 aromatic rings. The van der Waals surface area contributed by atoms with Gasteiger partial charge in [-0.25, -0.2) is 0 Å². The van der Waals surface area contributed by atoms with Crippen LogP contribution in [0.25, 0.3) is 0 Å². The number of benzene rings is 1. The zero-order chi connectivity index (χ0) is 15.5. The Labute approximate surface area is 132 Å². The van der Waals surface area contributed by atoms with Crippen molar-refractivity contribution >= 4 is 35.1 Å². The first kappa shape index (κ1) is 16.1. The molecule has 1 saturated heterocycles. The van der Waals surface area contributed by atoms with Crippen LogP contribution >= 0.6 is 23.2 Å². The van der Waals surface area contributed by atoms with E-state index in [0.29, 0.717) is 36.6 Å². The van der Waals surface area contributed by atoms with Crippen molar-refractivity contribution in [2.24, 2.45) is 5.41 Å². The fraction of sp³-hybridized carbons (Fsp3) is 0.429. The van der Waals surface area contributed by atoms with Crippen molar-refractivity contribution < 1.29 is 19.4 Å². The van der Waals surface area contributed by atoms with Crippen molar-refractivity contribution in [1.82, 2.24) is 5.32 Å². The predicted molar refractivity (Wildman–Crippen MR) is 78.9 cm³/mol. The number of carbonyl (C=O) groups excluding carboxylic acids is 1. The van der Waals surface area contributed by atoms with Crippen LogP contribution in [-0.2, 0) is 9.53 Å². The van der Waals surface area contributed by atoms with Crippen LogP contribution < -0.4 is 5.32 Å². The summed E-state index contributed by atoms with van der Waals surface area (Å²) in [7, 11) is 0. The third kappa shape index (κ3) is 3.67. The molecule has 1 heterocycles. The van der Waals surface area contributed by atoms with E-state index >= 15 is 0 Å². The fourth-order valence-corrected chi connectivity index (χ4v) is 2.52. The molecule has 21 heavy (non-hydrogen) atoms. The molecular weight excluding hydrogens is 317 g/mol. The molecule has 1 fully saturated rings. The van der Waals surface area contributed by atoms with Gasteiger partial charge in [-0.1, -0.05) is 23.2 Å². The molecule has 0 spiro atoms. The monoisotopic (exact) mass is 331 g/mol. The van der Waals surface area contributed by atoms with E-state index in [4.69, 9.17) is 27.9 Å². The lowest BCUT2D eigenvalue weighted by molar-refractivity contribution is -0.154. The first-order chi connectivity index (χ1) is 9.94. The van der Waals surface area contributed by atoms with Crippen LogP contribution in [0.5, 0.6) is 0 Å². The van der Waals surface area contributed by atoms with Crippen molar-refractivity contribution in [2.45, 2.75) is 12.8 Å². The second kappa shape index (κ2) is 6.64. The van der Waals surface area contributed by atoms with Gasteiger partial charge in [0.2, 0.25) is 0 Å². The lowest BCUT2D eigenvalue weighted by atomic mass is 9.80. The van der Waals surface area contributed by atoms with E-state index < -0.39 is 11.4 Å². The highest BCUT2D eigenvalue weighted by Gasteiger charge is 2.40. The first-order valence-corrected chi connectivity index (χ1v) is 7.25. The van der Waals surface area contributed by atoms with Gasteiger partial charge >= 0.3 is 5.97 Å². The van der Waals surface area contributed by atoms with Crippen LogP contribution in [0.4, 0.5) is 0 Å². The standard InChI is InChI=1S/C14H15Cl2NO4/c15-10-2-1-9(7-11(10)16)12(18)17-8-14(13(19)20)3-5-21-6-4-14/h1-2,7H,3-6,8H2,(H,17,18)(H,19,20). The van der Waals surface area contributed by atoms with Gasteiger partial charge in [-0.05, 0) is 31.0 Å². The zero-order valence-electron chi connectivity index (χ0n) is 11.2. The molecule has 114 valence electrons. The van der Waals surface area contributed by atoms with E-state index in [1.54, 1.807) is 6.07 Å². The molecular formula is C14H15Cl2NO4. The minimum Gasteiger partial charge on any atom is -0.481 e. The summed E-state index contributed by atoms with van der Waals surface area (Å²) in [6.07, 6.45) is 0.758. The molecule has 0 saturated carbocycles. The van der Waals surface area contributed by atoms with E-state index in [1.165, 1.54) is 12.1 Å². The number of rotatable bonds is 4. The molecule has 0 radical (unpaired) electrons. The van der Waals surface area contributed by atoms with Crippen molar-refractivity contribution in [1.29, 1.82) is 0 Å². The summed E-state index contributed by atoms with van der Waals surface area (Å²) in [5, 5.41) is 12.7. The van der Waals surface area contributed by atoms with Crippen LogP contribution in [-0.4, -0.2) is 36.7 Å². The Bertz CT molecular complexity index is 556. The molecule has 0 atom stereocenters. The van der Waals surface area contributed by atoms with Crippen LogP contribution in [0.15, 0.2) is 18.2 Å². The van der Waals surface area contributed by atoms with Gasteiger partial charge in [0.25, 0.3) is 5.91 Å². The minimum atomic E-state index is -0.968. The Balaban J connectivity index is 2.05. The predicted octanol–water partition coefficient (Wildman–Crippen LogP) is 2.60. The molecule has 1 aliphatic rings. The highest BCUT2D eigenvalue weighted by atomic mass is 35.5. The van der Waals surface area contributed by atoms with Gasteiger partial charge in [-0.2, -0.15) is 0 Å². The molecule has 2 rings (SSSR count). The molecule has 0 aliphatic carbocycles. The number of amides is 1. The molecule has 2 N–H and O–H groups in total. The lowest BCUT2D eigenvalue weighted by Crippen LogP contribution is -2.46. The Kier molecular flexibility index (Phi) is 5.08. The minimum absolute atomic E-state index is 0.0603. The van der Waals surface area contributed by atoms with Crippen LogP contribution in [0.3, 0.4) is 0 Å². The van der Waals surface area contributed by atoms with Crippen molar-refractivity contribution in [2.75, 3.05) is 19.8 Å². The average molecular weight is 332 g/mol. The van der Waals surface area contributed by atoms with Gasteiger partial charge in [-0.3, -0.25) is 9.59 Å². The Morgan fingerprint density at radius 2 is 1.90 bits per heavy atom. The lowest BCUT2D eigenvalue weighted by Gasteiger charge is -2.33. The maximum Gasteiger partial charge on any atom is 0.311 e. The zero-order valence-corrected chi connectivity index (χ0v) is 12.7. The average Bonchev–Trinajstić information content (AvgIpc) is 2.48. The summed E-state index contributed by atoms with van der Waals surface area (Å²) in [5.74, 6) is -1.29. The Morgan fingerprint density at radius 3 is 2.48 bits per heavy atom. The molecule has 0 unspecified atom stereocenters. The van der Waals surface area contributed by atoms with Crippen molar-refractivity contribution in [3.63, 3.8) is 0 Å². The van der Waals surface area contributed by atoms with Gasteiger partial charge in [-0.15, -0.1) is 0 Å². The summed E-state index contributed by atoms with van der Waals surface area (Å²) in [6, 6.07) is 4.53. The Hall–Kier alpha value is -1.30. The van der Waals surface area contributed by atoms with Crippen molar-refractivity contribution in [3.05, 3.63) is 33.8 Å². The summed E-state index contributed by atoms with van der Waals surface area (Å²) < 4.78 is 5.19. The maximum absolute atomic E-state index is 12.1. The molecule has 1 aliphatic heterocycles. The molecule has 0 bridgehead atoms. The molecule has 1 aromatic carbocycles. The fourth-order valence-electron chi connectivity index (χ4n) is 2.22. The van der Waals surface area contributed by atoms with Gasteiger partial charge in [0.1, 0.15) is 0 Å². The van der Waals surface area contributed by atoms with E-state index in [-0.39, 0.29) is 17.5 Å². The third-order valence-corrected chi connectivity index (χ3v) is 4.41. The van der Waals surface area contributed by atoms with Gasteiger partial charge in [0, 0.05) is 25.3 Å². The number of aliphatic carboxylic acids is 1. The molecule has 5 nitrogen and oxygen atoms in total. The maximum atomic E-state index is 12.1. The summed E-state index contributed by atoms with van der Waals surface area (Å²) in [5.41, 5.74) is -0.624. The van der Waals surface area contributed by atoms with E-state index in [0.717, 1.165) is 0 Å². The van der Waals surface area contributed by atoms with Gasteiger partial charge in [0.05, 0.1) is 15.5 Å². The first-order valence-electron chi connectivity index (χ1n) is 6.49. The van der Waals surface area contributed by atoms with Crippen LogP contribution in [0, 0.1) is 5.41 Å². The van der Waals surface area contributed by atoms with E-state index in [9.17, 15) is 14.7 Å². The number of nitrogens with one attached hydrogen (secondary N) is 1. The number of carboxylic acids is 1. The SMILES string of the molecule is O=C(NCC1(C(=O)O)CCOCC1)c1ccc(Cl)c(Cl)c1. The van der Waals surface area contributed by atoms with Crippen molar-refractivity contribution in [3.8, 4) is 0 Å². The molecule has 1 amide bonds. The second-order valence-electron chi connectivity index (χ2n) is 5.01. The van der Waals surface area contributed by atoms with Crippen LogP contribution in [0.2, 0.25) is 10.0 Å². The van der Waals surface area contributed by atoms with Gasteiger partial charge < -0.3 is 15.2 Å². The van der Waals surface area contributed by atoms with Crippen LogP contribution in [0.1, 0.15) is 23.2 Å². The summed E-state index contributed by atoms with van der Waals surface area (Å²) >= 11 is 11.7. The molecule has 0 aromatic heterocycles. The highest BCUT2D eigenvalue weighted by molar-refractivity contribution is 6.42. The third-order valence-electron chi connectivity index (χ3n) is 3.67. The number of carboxylic acid groups (broad SMARTS) is 1. The summed E-state index contributed by atoms with van der Waals surface area (Å²) in [6.45, 7) is 0.828. The molecule has 7 heteroatoms. The number of halogens is 2. The topological polar surface area (TPSA) is 75.6 Å². The second-order valence-corrected chi connectivity index (χ2v) is 5.82. The van der Waals surface area contributed by atoms with E-state index in [2.05, 4.69) is 5.32 Å². The normalized spacial score (nSPS) is 17.2. The Morgan fingerprint density at radius 1 is 1.24 bits per heavy atom. The number of hydrogen-bond acceptors (Lipinski definition) is 3.